The summed E-state index contributed by atoms with van der Waals surface area (Å²) in [5.41, 5.74) is 1.87. The molecule has 2 heterocycles. The van der Waals surface area contributed by atoms with Gasteiger partial charge in [0, 0.05) is 46.3 Å². The van der Waals surface area contributed by atoms with E-state index in [1.165, 1.54) is 0 Å². The molecule has 154 valence electrons. The highest BCUT2D eigenvalue weighted by Crippen LogP contribution is 2.18. The molecule has 0 bridgehead atoms. The zero-order chi connectivity index (χ0) is 20.6. The molecule has 1 N–H and O–H groups in total. The van der Waals surface area contributed by atoms with Crippen LogP contribution in [-0.2, 0) is 16.1 Å². The van der Waals surface area contributed by atoms with Crippen molar-refractivity contribution in [2.75, 3.05) is 56.6 Å². The van der Waals surface area contributed by atoms with Gasteiger partial charge in [0.2, 0.25) is 5.91 Å². The van der Waals surface area contributed by atoms with E-state index in [1.807, 2.05) is 55.4 Å². The van der Waals surface area contributed by atoms with Crippen LogP contribution in [-0.4, -0.2) is 73.9 Å². The van der Waals surface area contributed by atoms with Gasteiger partial charge in [-0.3, -0.25) is 4.79 Å². The fourth-order valence-electron chi connectivity index (χ4n) is 2.96. The largest absolute Gasteiger partial charge is 0.445 e. The fraction of sp³-hybridized carbons (Fsp3) is 0.400. The molecule has 0 unspecified atom stereocenters. The number of nitrogens with one attached hydrogen (secondary N) is 1. The Morgan fingerprint density at radius 1 is 1.14 bits per heavy atom. The number of carbonyl (C=O) groups is 2. The lowest BCUT2D eigenvalue weighted by atomic mass is 10.2. The van der Waals surface area contributed by atoms with Crippen LogP contribution in [0, 0.1) is 0 Å². The van der Waals surface area contributed by atoms with Crippen LogP contribution in [0.2, 0.25) is 0 Å². The number of aromatic nitrogens is 2. The monoisotopic (exact) mass is 398 g/mol. The molecule has 1 aromatic heterocycles. The lowest BCUT2D eigenvalue weighted by Gasteiger charge is -2.35. The zero-order valence-electron chi connectivity index (χ0n) is 16.7. The van der Waals surface area contributed by atoms with Gasteiger partial charge in [-0.1, -0.05) is 30.3 Å². The molecular weight excluding hydrogens is 372 g/mol. The fourth-order valence-corrected chi connectivity index (χ4v) is 2.96. The molecule has 1 saturated heterocycles. The molecule has 0 aliphatic carbocycles. The number of amides is 2. The highest BCUT2D eigenvalue weighted by Gasteiger charge is 2.22. The first-order valence-electron chi connectivity index (χ1n) is 9.50. The van der Waals surface area contributed by atoms with Crippen LogP contribution in [0.15, 0.2) is 42.6 Å². The Hall–Kier alpha value is -3.36. The van der Waals surface area contributed by atoms with E-state index < -0.39 is 6.09 Å². The number of nitrogens with zero attached hydrogens (tertiary/aromatic N) is 5. The number of benzene rings is 1. The third-order valence-corrected chi connectivity index (χ3v) is 4.70. The normalized spacial score (nSPS) is 13.7. The van der Waals surface area contributed by atoms with Crippen molar-refractivity contribution in [3.8, 4) is 0 Å². The van der Waals surface area contributed by atoms with Crippen LogP contribution in [0.4, 0.5) is 16.3 Å². The van der Waals surface area contributed by atoms with Crippen LogP contribution < -0.4 is 15.1 Å². The second kappa shape index (κ2) is 9.72. The number of rotatable bonds is 6. The summed E-state index contributed by atoms with van der Waals surface area (Å²) < 4.78 is 5.12. The summed E-state index contributed by atoms with van der Waals surface area (Å²) in [4.78, 5) is 30.0. The average molecular weight is 398 g/mol. The Bertz CT molecular complexity index is 822. The van der Waals surface area contributed by atoms with Gasteiger partial charge in [-0.25, -0.2) is 4.79 Å². The van der Waals surface area contributed by atoms with Crippen molar-refractivity contribution in [3.63, 3.8) is 0 Å². The van der Waals surface area contributed by atoms with Crippen molar-refractivity contribution in [2.24, 2.45) is 0 Å². The molecule has 0 atom stereocenters. The van der Waals surface area contributed by atoms with E-state index in [4.69, 9.17) is 4.74 Å². The minimum Gasteiger partial charge on any atom is -0.445 e. The molecule has 1 aromatic carbocycles. The summed E-state index contributed by atoms with van der Waals surface area (Å²) in [6.45, 7) is 2.54. The first kappa shape index (κ1) is 20.4. The predicted molar refractivity (Wildman–Crippen MR) is 110 cm³/mol. The second-order valence-corrected chi connectivity index (χ2v) is 6.95. The molecule has 29 heavy (non-hydrogen) atoms. The average Bonchev–Trinajstić information content (AvgIpc) is 2.77. The lowest BCUT2D eigenvalue weighted by molar-refractivity contribution is -0.130. The Kier molecular flexibility index (Phi) is 6.83. The first-order valence-corrected chi connectivity index (χ1v) is 9.50. The molecule has 0 saturated carbocycles. The SMILES string of the molecule is CN(C)c1cnnc(N2CCN(C(=O)CNC(=O)OCc3ccccc3)CC2)c1. The molecule has 1 fully saturated rings. The van der Waals surface area contributed by atoms with Crippen molar-refractivity contribution in [2.45, 2.75) is 6.61 Å². The van der Waals surface area contributed by atoms with E-state index in [0.29, 0.717) is 26.2 Å². The highest BCUT2D eigenvalue weighted by atomic mass is 16.5. The summed E-state index contributed by atoms with van der Waals surface area (Å²) in [5, 5.41) is 10.8. The van der Waals surface area contributed by atoms with Gasteiger partial charge in [0.25, 0.3) is 0 Å². The van der Waals surface area contributed by atoms with Gasteiger partial charge < -0.3 is 24.8 Å². The molecule has 2 amide bonds. The Morgan fingerprint density at radius 2 is 1.86 bits per heavy atom. The molecule has 9 heteroatoms. The Balaban J connectivity index is 1.40. The Labute approximate surface area is 170 Å². The topological polar surface area (TPSA) is 90.9 Å². The van der Waals surface area contributed by atoms with Gasteiger partial charge in [-0.2, -0.15) is 5.10 Å². The van der Waals surface area contributed by atoms with Gasteiger partial charge in [-0.05, 0) is 5.56 Å². The lowest BCUT2D eigenvalue weighted by Crippen LogP contribution is -2.51. The van der Waals surface area contributed by atoms with E-state index >= 15 is 0 Å². The number of anilines is 2. The molecule has 3 rings (SSSR count). The number of ether oxygens (including phenoxy) is 1. The number of carbonyl (C=O) groups excluding carboxylic acids is 2. The zero-order valence-corrected chi connectivity index (χ0v) is 16.7. The van der Waals surface area contributed by atoms with Crippen LogP contribution in [0.3, 0.4) is 0 Å². The summed E-state index contributed by atoms with van der Waals surface area (Å²) >= 11 is 0. The van der Waals surface area contributed by atoms with Crippen LogP contribution >= 0.6 is 0 Å². The second-order valence-electron chi connectivity index (χ2n) is 6.95. The summed E-state index contributed by atoms with van der Waals surface area (Å²) in [7, 11) is 3.91. The van der Waals surface area contributed by atoms with E-state index in [1.54, 1.807) is 11.1 Å². The molecule has 1 aliphatic rings. The molecule has 1 aliphatic heterocycles. The Morgan fingerprint density at radius 3 is 2.55 bits per heavy atom. The first-order chi connectivity index (χ1) is 14.0. The smallest absolute Gasteiger partial charge is 0.407 e. The molecule has 0 spiro atoms. The van der Waals surface area contributed by atoms with Gasteiger partial charge in [0.05, 0.1) is 11.9 Å². The highest BCUT2D eigenvalue weighted by molar-refractivity contribution is 5.82. The van der Waals surface area contributed by atoms with Crippen molar-refractivity contribution in [3.05, 3.63) is 48.2 Å². The van der Waals surface area contributed by atoms with Gasteiger partial charge >= 0.3 is 6.09 Å². The maximum Gasteiger partial charge on any atom is 0.407 e. The standard InChI is InChI=1S/C20H26N6O3/c1-24(2)17-12-18(23-22-13-17)25-8-10-26(11-9-25)19(27)14-21-20(28)29-15-16-6-4-3-5-7-16/h3-7,12-13H,8-11,14-15H2,1-2H3,(H,21,28). The summed E-state index contributed by atoms with van der Waals surface area (Å²) in [6.07, 6.45) is 1.11. The summed E-state index contributed by atoms with van der Waals surface area (Å²) in [6, 6.07) is 11.4. The van der Waals surface area contributed by atoms with Gasteiger partial charge in [-0.15, -0.1) is 5.10 Å². The van der Waals surface area contributed by atoms with Crippen molar-refractivity contribution < 1.29 is 14.3 Å². The number of alkyl carbamates (subject to hydrolysis) is 1. The third kappa shape index (κ3) is 5.81. The van der Waals surface area contributed by atoms with Crippen molar-refractivity contribution >= 4 is 23.5 Å². The number of piperazine rings is 1. The van der Waals surface area contributed by atoms with E-state index in [2.05, 4.69) is 20.4 Å². The molecular formula is C20H26N6O3. The van der Waals surface area contributed by atoms with E-state index in [-0.39, 0.29) is 19.1 Å². The van der Waals surface area contributed by atoms with E-state index in [0.717, 1.165) is 17.1 Å². The minimum atomic E-state index is -0.600. The van der Waals surface area contributed by atoms with Gasteiger partial charge in [0.15, 0.2) is 5.82 Å². The maximum absolute atomic E-state index is 12.4. The number of hydrogen-bond acceptors (Lipinski definition) is 7. The molecule has 2 aromatic rings. The molecule has 0 radical (unpaired) electrons. The quantitative estimate of drug-likeness (QED) is 0.780. The van der Waals surface area contributed by atoms with Crippen molar-refractivity contribution in [1.82, 2.24) is 20.4 Å². The van der Waals surface area contributed by atoms with Crippen LogP contribution in [0.5, 0.6) is 0 Å². The summed E-state index contributed by atoms with van der Waals surface area (Å²) in [5.74, 6) is 0.667. The van der Waals surface area contributed by atoms with Gasteiger partial charge in [0.1, 0.15) is 13.2 Å². The predicted octanol–water partition coefficient (Wildman–Crippen LogP) is 1.12. The van der Waals surface area contributed by atoms with Crippen molar-refractivity contribution in [1.29, 1.82) is 0 Å². The minimum absolute atomic E-state index is 0.0798. The number of hydrogen-bond donors (Lipinski definition) is 1. The van der Waals surface area contributed by atoms with Crippen LogP contribution in [0.1, 0.15) is 5.56 Å². The third-order valence-electron chi connectivity index (χ3n) is 4.70. The van der Waals surface area contributed by atoms with Crippen LogP contribution in [0.25, 0.3) is 0 Å². The van der Waals surface area contributed by atoms with E-state index in [9.17, 15) is 9.59 Å². The maximum atomic E-state index is 12.4. The molecule has 9 nitrogen and oxygen atoms in total.